The van der Waals surface area contributed by atoms with Crippen LogP contribution < -0.4 is 15.8 Å². The second-order valence-corrected chi connectivity index (χ2v) is 5.65. The van der Waals surface area contributed by atoms with E-state index < -0.39 is 6.10 Å². The summed E-state index contributed by atoms with van der Waals surface area (Å²) in [4.78, 5) is 12.1. The van der Waals surface area contributed by atoms with E-state index in [4.69, 9.17) is 10.5 Å². The molecule has 1 unspecified atom stereocenters. The zero-order valence-corrected chi connectivity index (χ0v) is 13.9. The van der Waals surface area contributed by atoms with Crippen molar-refractivity contribution in [3.05, 3.63) is 28.2 Å². The predicted molar refractivity (Wildman–Crippen MR) is 84.6 cm³/mol. The number of carbonyl (C=O) groups is 1. The number of nitrogens with two attached hydrogens (primary N) is 1. The van der Waals surface area contributed by atoms with Crippen molar-refractivity contribution in [3.63, 3.8) is 0 Å². The van der Waals surface area contributed by atoms with Crippen LogP contribution in [0.3, 0.4) is 0 Å². The van der Waals surface area contributed by atoms with E-state index in [9.17, 15) is 4.79 Å². The van der Waals surface area contributed by atoms with Crippen LogP contribution in [0.2, 0.25) is 0 Å². The van der Waals surface area contributed by atoms with Gasteiger partial charge in [-0.05, 0) is 38.0 Å². The first-order chi connectivity index (χ1) is 9.51. The van der Waals surface area contributed by atoms with Gasteiger partial charge in [0.05, 0.1) is 0 Å². The number of rotatable bonds is 7. The van der Waals surface area contributed by atoms with Crippen LogP contribution >= 0.6 is 15.9 Å². The number of carbonyl (C=O) groups excluding carboxylic acids is 1. The normalized spacial score (nSPS) is 12.3. The summed E-state index contributed by atoms with van der Waals surface area (Å²) in [7, 11) is 0. The fraction of sp³-hybridized carbons (Fsp3) is 0.533. The minimum atomic E-state index is -0.540. The third-order valence-corrected chi connectivity index (χ3v) is 3.74. The molecule has 0 aromatic heterocycles. The van der Waals surface area contributed by atoms with Gasteiger partial charge in [0, 0.05) is 22.6 Å². The number of amides is 1. The number of halogens is 1. The first-order valence-corrected chi connectivity index (χ1v) is 7.76. The number of hydrogen-bond acceptors (Lipinski definition) is 3. The number of ether oxygens (including phenoxy) is 1. The maximum Gasteiger partial charge on any atom is 0.260 e. The molecule has 0 heterocycles. The third kappa shape index (κ3) is 4.80. The van der Waals surface area contributed by atoms with Gasteiger partial charge in [-0.25, -0.2) is 0 Å². The Hall–Kier alpha value is -1.07. The highest BCUT2D eigenvalue weighted by atomic mass is 79.9. The van der Waals surface area contributed by atoms with Crippen LogP contribution in [0.5, 0.6) is 5.75 Å². The van der Waals surface area contributed by atoms with Crippen LogP contribution in [0, 0.1) is 0 Å². The van der Waals surface area contributed by atoms with Crippen LogP contribution in [-0.4, -0.2) is 18.1 Å². The van der Waals surface area contributed by atoms with E-state index in [1.54, 1.807) is 6.92 Å². The smallest absolute Gasteiger partial charge is 0.260 e. The molecule has 0 bridgehead atoms. The van der Waals surface area contributed by atoms with E-state index in [0.29, 0.717) is 12.3 Å². The summed E-state index contributed by atoms with van der Waals surface area (Å²) >= 11 is 3.39. The molecule has 0 aliphatic carbocycles. The molecule has 1 aromatic rings. The standard InChI is InChI=1S/C15H23BrN2O2/c1-4-13(5-2)18-15(19)10(3)20-14-7-6-12(16)8-11(14)9-17/h6-8,10,13H,4-5,9,17H2,1-3H3,(H,18,19). The summed E-state index contributed by atoms with van der Waals surface area (Å²) in [5, 5.41) is 2.98. The molecule has 0 saturated carbocycles. The molecule has 1 aromatic carbocycles. The molecule has 0 aliphatic rings. The highest BCUT2D eigenvalue weighted by Crippen LogP contribution is 2.23. The van der Waals surface area contributed by atoms with E-state index in [2.05, 4.69) is 35.1 Å². The summed E-state index contributed by atoms with van der Waals surface area (Å²) in [6.45, 7) is 6.23. The largest absolute Gasteiger partial charge is 0.481 e. The van der Waals surface area contributed by atoms with Crippen molar-refractivity contribution in [1.29, 1.82) is 0 Å². The predicted octanol–water partition coefficient (Wildman–Crippen LogP) is 2.98. The molecular formula is C15H23BrN2O2. The lowest BCUT2D eigenvalue weighted by atomic mass is 10.1. The van der Waals surface area contributed by atoms with Crippen molar-refractivity contribution >= 4 is 21.8 Å². The Morgan fingerprint density at radius 1 is 1.40 bits per heavy atom. The second kappa shape index (κ2) is 8.27. The highest BCUT2D eigenvalue weighted by molar-refractivity contribution is 9.10. The first kappa shape index (κ1) is 17.0. The molecular weight excluding hydrogens is 320 g/mol. The summed E-state index contributed by atoms with van der Waals surface area (Å²) in [6, 6.07) is 5.81. The van der Waals surface area contributed by atoms with Gasteiger partial charge < -0.3 is 15.8 Å². The average Bonchev–Trinajstić information content (AvgIpc) is 2.45. The zero-order valence-electron chi connectivity index (χ0n) is 12.3. The van der Waals surface area contributed by atoms with Gasteiger partial charge >= 0.3 is 0 Å². The SMILES string of the molecule is CCC(CC)NC(=O)C(C)Oc1ccc(Br)cc1CN. The Kier molecular flexibility index (Phi) is 7.02. The Bertz CT molecular complexity index is 447. The summed E-state index contributed by atoms with van der Waals surface area (Å²) in [5.41, 5.74) is 6.57. The molecule has 112 valence electrons. The minimum Gasteiger partial charge on any atom is -0.481 e. The molecule has 1 amide bonds. The second-order valence-electron chi connectivity index (χ2n) is 4.74. The molecule has 4 nitrogen and oxygen atoms in total. The molecule has 0 radical (unpaired) electrons. The highest BCUT2D eigenvalue weighted by Gasteiger charge is 2.18. The Morgan fingerprint density at radius 3 is 2.60 bits per heavy atom. The molecule has 20 heavy (non-hydrogen) atoms. The van der Waals surface area contributed by atoms with E-state index in [0.717, 1.165) is 22.9 Å². The summed E-state index contributed by atoms with van der Waals surface area (Å²) in [5.74, 6) is 0.562. The molecule has 1 rings (SSSR count). The summed E-state index contributed by atoms with van der Waals surface area (Å²) in [6.07, 6.45) is 1.30. The summed E-state index contributed by atoms with van der Waals surface area (Å²) < 4.78 is 6.67. The lowest BCUT2D eigenvalue weighted by Crippen LogP contribution is -2.42. The fourth-order valence-corrected chi connectivity index (χ4v) is 2.29. The van der Waals surface area contributed by atoms with Crippen molar-refractivity contribution in [3.8, 4) is 5.75 Å². The molecule has 3 N–H and O–H groups in total. The number of benzene rings is 1. The lowest BCUT2D eigenvalue weighted by molar-refractivity contribution is -0.128. The monoisotopic (exact) mass is 342 g/mol. The van der Waals surface area contributed by atoms with Gasteiger partial charge in [-0.15, -0.1) is 0 Å². The van der Waals surface area contributed by atoms with E-state index in [1.165, 1.54) is 0 Å². The maximum atomic E-state index is 12.1. The fourth-order valence-electron chi connectivity index (χ4n) is 1.88. The van der Waals surface area contributed by atoms with Gasteiger partial charge in [-0.2, -0.15) is 0 Å². The van der Waals surface area contributed by atoms with Crippen molar-refractivity contribution < 1.29 is 9.53 Å². The first-order valence-electron chi connectivity index (χ1n) is 6.97. The maximum absolute atomic E-state index is 12.1. The van der Waals surface area contributed by atoms with E-state index in [1.807, 2.05) is 18.2 Å². The molecule has 1 atom stereocenters. The lowest BCUT2D eigenvalue weighted by Gasteiger charge is -2.20. The van der Waals surface area contributed by atoms with Crippen molar-refractivity contribution in [2.45, 2.75) is 52.3 Å². The third-order valence-electron chi connectivity index (χ3n) is 3.25. The topological polar surface area (TPSA) is 64.3 Å². The van der Waals surface area contributed by atoms with Gasteiger partial charge in [0.25, 0.3) is 5.91 Å². The Balaban J connectivity index is 2.70. The van der Waals surface area contributed by atoms with Crippen molar-refractivity contribution in [1.82, 2.24) is 5.32 Å². The van der Waals surface area contributed by atoms with Gasteiger partial charge in [0.15, 0.2) is 6.10 Å². The van der Waals surface area contributed by atoms with Crippen molar-refractivity contribution in [2.24, 2.45) is 5.73 Å². The molecule has 5 heteroatoms. The van der Waals surface area contributed by atoms with Crippen LogP contribution in [0.4, 0.5) is 0 Å². The van der Waals surface area contributed by atoms with Gasteiger partial charge in [0.2, 0.25) is 0 Å². The Labute approximate surface area is 129 Å². The van der Waals surface area contributed by atoms with E-state index >= 15 is 0 Å². The molecule has 0 aliphatic heterocycles. The minimum absolute atomic E-state index is 0.0930. The van der Waals surface area contributed by atoms with Gasteiger partial charge in [-0.3, -0.25) is 4.79 Å². The van der Waals surface area contributed by atoms with Crippen LogP contribution in [0.25, 0.3) is 0 Å². The number of nitrogens with one attached hydrogen (secondary N) is 1. The van der Waals surface area contributed by atoms with E-state index in [-0.39, 0.29) is 11.9 Å². The van der Waals surface area contributed by atoms with Crippen molar-refractivity contribution in [2.75, 3.05) is 0 Å². The Morgan fingerprint density at radius 2 is 2.05 bits per heavy atom. The van der Waals surface area contributed by atoms with Crippen LogP contribution in [-0.2, 0) is 11.3 Å². The van der Waals surface area contributed by atoms with Crippen LogP contribution in [0.1, 0.15) is 39.2 Å². The quantitative estimate of drug-likeness (QED) is 0.800. The average molecular weight is 343 g/mol. The molecule has 0 spiro atoms. The zero-order chi connectivity index (χ0) is 15.1. The van der Waals surface area contributed by atoms with Gasteiger partial charge in [0.1, 0.15) is 5.75 Å². The number of hydrogen-bond donors (Lipinski definition) is 2. The molecule has 0 fully saturated rings. The van der Waals surface area contributed by atoms with Crippen LogP contribution in [0.15, 0.2) is 22.7 Å². The molecule has 0 saturated heterocycles. The van der Waals surface area contributed by atoms with Gasteiger partial charge in [-0.1, -0.05) is 29.8 Å².